The Hall–Kier alpha value is -1.29. The average Bonchev–Trinajstić information content (AvgIpc) is 2.89. The molecule has 1 aromatic heterocycles. The Labute approximate surface area is 95.4 Å². The van der Waals surface area contributed by atoms with Crippen LogP contribution in [0.5, 0.6) is 0 Å². The maximum atomic E-state index is 11.7. The lowest BCUT2D eigenvalue weighted by Crippen LogP contribution is -2.43. The van der Waals surface area contributed by atoms with E-state index in [1.54, 1.807) is 6.26 Å². The molecule has 1 aliphatic rings. The van der Waals surface area contributed by atoms with Crippen LogP contribution < -0.4 is 10.6 Å². The molecule has 1 fully saturated rings. The van der Waals surface area contributed by atoms with Crippen LogP contribution in [0, 0.1) is 0 Å². The Bertz CT molecular complexity index is 344. The van der Waals surface area contributed by atoms with E-state index in [1.165, 1.54) is 0 Å². The molecular weight excluding hydrogens is 204 g/mol. The number of hydrogen-bond acceptors (Lipinski definition) is 3. The molecule has 1 aliphatic carbocycles. The number of rotatable bonds is 5. The van der Waals surface area contributed by atoms with E-state index in [-0.39, 0.29) is 18.0 Å². The number of amides is 1. The first-order chi connectivity index (χ1) is 7.66. The Morgan fingerprint density at radius 3 is 2.81 bits per heavy atom. The van der Waals surface area contributed by atoms with Gasteiger partial charge >= 0.3 is 0 Å². The first-order valence-corrected chi connectivity index (χ1v) is 5.76. The van der Waals surface area contributed by atoms with Gasteiger partial charge in [0.05, 0.1) is 18.3 Å². The third-order valence-corrected chi connectivity index (χ3v) is 2.79. The van der Waals surface area contributed by atoms with Crippen molar-refractivity contribution in [2.24, 2.45) is 0 Å². The maximum absolute atomic E-state index is 11.7. The minimum absolute atomic E-state index is 0.0509. The second-order valence-corrected chi connectivity index (χ2v) is 4.41. The highest BCUT2D eigenvalue weighted by molar-refractivity contribution is 5.81. The molecule has 1 heterocycles. The predicted molar refractivity (Wildman–Crippen MR) is 60.9 cm³/mol. The van der Waals surface area contributed by atoms with E-state index < -0.39 is 0 Å². The van der Waals surface area contributed by atoms with Crippen LogP contribution in [-0.2, 0) is 4.79 Å². The van der Waals surface area contributed by atoms with Gasteiger partial charge in [-0.3, -0.25) is 10.1 Å². The van der Waals surface area contributed by atoms with Gasteiger partial charge in [0.15, 0.2) is 0 Å². The van der Waals surface area contributed by atoms with Crippen LogP contribution in [0.15, 0.2) is 22.8 Å². The van der Waals surface area contributed by atoms with Crippen LogP contribution in [0.4, 0.5) is 0 Å². The third-order valence-electron chi connectivity index (χ3n) is 2.79. The molecule has 1 amide bonds. The van der Waals surface area contributed by atoms with Crippen molar-refractivity contribution >= 4 is 5.91 Å². The summed E-state index contributed by atoms with van der Waals surface area (Å²) in [5, 5.41) is 6.18. The lowest BCUT2D eigenvalue weighted by molar-refractivity contribution is -0.123. The van der Waals surface area contributed by atoms with Gasteiger partial charge in [0.2, 0.25) is 5.91 Å². The Morgan fingerprint density at radius 2 is 2.25 bits per heavy atom. The summed E-state index contributed by atoms with van der Waals surface area (Å²) in [6.45, 7) is 3.86. The zero-order valence-corrected chi connectivity index (χ0v) is 9.69. The fourth-order valence-electron chi connectivity index (χ4n) is 1.62. The van der Waals surface area contributed by atoms with E-state index in [1.807, 2.05) is 26.0 Å². The molecule has 0 aliphatic heterocycles. The molecule has 4 heteroatoms. The highest BCUT2D eigenvalue weighted by Gasteiger charge is 2.26. The highest BCUT2D eigenvalue weighted by Crippen LogP contribution is 2.19. The van der Waals surface area contributed by atoms with E-state index in [4.69, 9.17) is 4.42 Å². The Kier molecular flexibility index (Phi) is 3.29. The van der Waals surface area contributed by atoms with Gasteiger partial charge in [0, 0.05) is 6.04 Å². The van der Waals surface area contributed by atoms with Crippen molar-refractivity contribution in [3.05, 3.63) is 24.2 Å². The topological polar surface area (TPSA) is 54.3 Å². The molecule has 0 bridgehead atoms. The van der Waals surface area contributed by atoms with Gasteiger partial charge in [-0.2, -0.15) is 0 Å². The first kappa shape index (κ1) is 11.2. The Morgan fingerprint density at radius 1 is 1.50 bits per heavy atom. The molecule has 88 valence electrons. The summed E-state index contributed by atoms with van der Waals surface area (Å²) in [7, 11) is 0. The smallest absolute Gasteiger partial charge is 0.237 e. The fraction of sp³-hybridized carbons (Fsp3) is 0.583. The number of carbonyl (C=O) groups is 1. The van der Waals surface area contributed by atoms with Crippen LogP contribution in [0.25, 0.3) is 0 Å². The molecule has 0 spiro atoms. The summed E-state index contributed by atoms with van der Waals surface area (Å²) in [4.78, 5) is 11.7. The maximum Gasteiger partial charge on any atom is 0.237 e. The fourth-order valence-corrected chi connectivity index (χ4v) is 1.62. The lowest BCUT2D eigenvalue weighted by atomic mass is 10.2. The van der Waals surface area contributed by atoms with Crippen molar-refractivity contribution in [2.45, 2.75) is 44.8 Å². The van der Waals surface area contributed by atoms with Crippen LogP contribution in [-0.4, -0.2) is 18.0 Å². The zero-order valence-electron chi connectivity index (χ0n) is 9.69. The molecular formula is C12H18N2O2. The van der Waals surface area contributed by atoms with Crippen molar-refractivity contribution < 1.29 is 9.21 Å². The first-order valence-electron chi connectivity index (χ1n) is 5.76. The minimum Gasteiger partial charge on any atom is -0.468 e. The van der Waals surface area contributed by atoms with Crippen molar-refractivity contribution in [3.63, 3.8) is 0 Å². The molecule has 16 heavy (non-hydrogen) atoms. The van der Waals surface area contributed by atoms with Crippen LogP contribution in [0.3, 0.4) is 0 Å². The van der Waals surface area contributed by atoms with Gasteiger partial charge in [0.25, 0.3) is 0 Å². The second-order valence-electron chi connectivity index (χ2n) is 4.41. The summed E-state index contributed by atoms with van der Waals surface area (Å²) < 4.78 is 5.28. The lowest BCUT2D eigenvalue weighted by Gasteiger charge is -2.17. The third kappa shape index (κ3) is 2.85. The molecule has 0 unspecified atom stereocenters. The Balaban J connectivity index is 1.81. The summed E-state index contributed by atoms with van der Waals surface area (Å²) in [5.41, 5.74) is 0. The average molecular weight is 222 g/mol. The molecule has 0 radical (unpaired) electrons. The van der Waals surface area contributed by atoms with E-state index in [0.29, 0.717) is 6.04 Å². The predicted octanol–water partition coefficient (Wildman–Crippen LogP) is 1.60. The summed E-state index contributed by atoms with van der Waals surface area (Å²) >= 11 is 0. The highest BCUT2D eigenvalue weighted by atomic mass is 16.3. The van der Waals surface area contributed by atoms with E-state index in [2.05, 4.69) is 10.6 Å². The molecule has 2 atom stereocenters. The van der Waals surface area contributed by atoms with Crippen molar-refractivity contribution in [1.29, 1.82) is 0 Å². The summed E-state index contributed by atoms with van der Waals surface area (Å²) in [5.74, 6) is 0.923. The molecule has 0 aromatic carbocycles. The van der Waals surface area contributed by atoms with Gasteiger partial charge in [-0.25, -0.2) is 0 Å². The van der Waals surface area contributed by atoms with Crippen LogP contribution in [0.2, 0.25) is 0 Å². The van der Waals surface area contributed by atoms with Gasteiger partial charge in [-0.05, 0) is 38.8 Å². The van der Waals surface area contributed by atoms with Crippen molar-refractivity contribution in [1.82, 2.24) is 10.6 Å². The molecule has 2 rings (SSSR count). The molecule has 4 nitrogen and oxygen atoms in total. The van der Waals surface area contributed by atoms with Gasteiger partial charge < -0.3 is 9.73 Å². The van der Waals surface area contributed by atoms with Gasteiger partial charge in [-0.1, -0.05) is 0 Å². The monoisotopic (exact) mass is 222 g/mol. The molecule has 1 aromatic rings. The second kappa shape index (κ2) is 4.70. The summed E-state index contributed by atoms with van der Waals surface area (Å²) in [6, 6.07) is 4.03. The van der Waals surface area contributed by atoms with Crippen LogP contribution >= 0.6 is 0 Å². The zero-order chi connectivity index (χ0) is 11.5. The number of furan rings is 1. The normalized spacial score (nSPS) is 19.1. The van der Waals surface area contributed by atoms with Crippen molar-refractivity contribution in [3.8, 4) is 0 Å². The van der Waals surface area contributed by atoms with Gasteiger partial charge in [-0.15, -0.1) is 0 Å². The number of carbonyl (C=O) groups excluding carboxylic acids is 1. The van der Waals surface area contributed by atoms with E-state index in [9.17, 15) is 4.79 Å². The SMILES string of the molecule is C[C@H](N[C@@H](C)c1ccco1)C(=O)NC1CC1. The number of nitrogens with one attached hydrogen (secondary N) is 2. The molecule has 2 N–H and O–H groups in total. The van der Waals surface area contributed by atoms with Crippen LogP contribution in [0.1, 0.15) is 38.5 Å². The quantitative estimate of drug-likeness (QED) is 0.795. The van der Waals surface area contributed by atoms with Crippen molar-refractivity contribution in [2.75, 3.05) is 0 Å². The standard InChI is InChI=1S/C12H18N2O2/c1-8(11-4-3-7-16-11)13-9(2)12(15)14-10-5-6-10/h3-4,7-10,13H,5-6H2,1-2H3,(H,14,15)/t8-,9-/m0/s1. The van der Waals surface area contributed by atoms with E-state index >= 15 is 0 Å². The molecule has 0 saturated heterocycles. The van der Waals surface area contributed by atoms with Gasteiger partial charge in [0.1, 0.15) is 5.76 Å². The number of hydrogen-bond donors (Lipinski definition) is 2. The minimum atomic E-state index is -0.194. The summed E-state index contributed by atoms with van der Waals surface area (Å²) in [6.07, 6.45) is 3.88. The largest absolute Gasteiger partial charge is 0.468 e. The van der Waals surface area contributed by atoms with E-state index in [0.717, 1.165) is 18.6 Å². The molecule has 1 saturated carbocycles.